The van der Waals surface area contributed by atoms with Crippen LogP contribution in [-0.2, 0) is 19.4 Å². The third kappa shape index (κ3) is 1.37. The first-order valence-corrected chi connectivity index (χ1v) is 5.89. The molecule has 0 radical (unpaired) electrons. The Bertz CT molecular complexity index is 347. The van der Waals surface area contributed by atoms with Gasteiger partial charge in [0.25, 0.3) is 0 Å². The van der Waals surface area contributed by atoms with Crippen molar-refractivity contribution < 1.29 is 0 Å². The molecule has 2 heteroatoms. The summed E-state index contributed by atoms with van der Waals surface area (Å²) in [5, 5.41) is 0. The highest BCUT2D eigenvalue weighted by atomic mass is 15.1. The Labute approximate surface area is 85.3 Å². The first-order valence-electron chi connectivity index (χ1n) is 5.89. The fourth-order valence-corrected chi connectivity index (χ4v) is 2.54. The Morgan fingerprint density at radius 2 is 2.07 bits per heavy atom. The molecule has 2 aliphatic rings. The van der Waals surface area contributed by atoms with Gasteiger partial charge in [0.05, 0.1) is 5.69 Å². The molecule has 1 aromatic heterocycles. The molecular weight excluding hydrogens is 172 g/mol. The molecule has 76 valence electrons. The standard InChI is InChI=1S/C12H18N2/c1-9-13-11-4-2-3-5-12(11)14(9)8-10-6-7-10/h10H,2-8H2,1H3. The lowest BCUT2D eigenvalue weighted by Crippen LogP contribution is -2.10. The molecule has 0 aliphatic heterocycles. The van der Waals surface area contributed by atoms with E-state index in [0.29, 0.717) is 0 Å². The number of fused-ring (bicyclic) bond motifs is 1. The molecule has 0 atom stereocenters. The van der Waals surface area contributed by atoms with Crippen molar-refractivity contribution in [1.29, 1.82) is 0 Å². The normalized spacial score (nSPS) is 20.9. The molecule has 3 rings (SSSR count). The quantitative estimate of drug-likeness (QED) is 0.700. The van der Waals surface area contributed by atoms with Crippen LogP contribution in [0.3, 0.4) is 0 Å². The third-order valence-electron chi connectivity index (χ3n) is 3.56. The van der Waals surface area contributed by atoms with E-state index >= 15 is 0 Å². The van der Waals surface area contributed by atoms with Crippen molar-refractivity contribution in [3.05, 3.63) is 17.2 Å². The first-order chi connectivity index (χ1) is 6.84. The number of aryl methyl sites for hydroxylation is 2. The fourth-order valence-electron chi connectivity index (χ4n) is 2.54. The van der Waals surface area contributed by atoms with Gasteiger partial charge in [-0.1, -0.05) is 0 Å². The van der Waals surface area contributed by atoms with Crippen LogP contribution < -0.4 is 0 Å². The lowest BCUT2D eigenvalue weighted by molar-refractivity contribution is 0.561. The van der Waals surface area contributed by atoms with Crippen molar-refractivity contribution in [1.82, 2.24) is 9.55 Å². The van der Waals surface area contributed by atoms with Crippen LogP contribution in [0.5, 0.6) is 0 Å². The minimum atomic E-state index is 0.967. The molecule has 0 amide bonds. The Kier molecular flexibility index (Phi) is 1.89. The van der Waals surface area contributed by atoms with Crippen molar-refractivity contribution in [2.75, 3.05) is 0 Å². The van der Waals surface area contributed by atoms with Crippen molar-refractivity contribution in [3.63, 3.8) is 0 Å². The monoisotopic (exact) mass is 190 g/mol. The second kappa shape index (κ2) is 3.11. The Balaban J connectivity index is 1.94. The van der Waals surface area contributed by atoms with Gasteiger partial charge in [0.2, 0.25) is 0 Å². The van der Waals surface area contributed by atoms with Gasteiger partial charge in [0.15, 0.2) is 0 Å². The topological polar surface area (TPSA) is 17.8 Å². The Hall–Kier alpha value is -0.790. The van der Waals surface area contributed by atoms with Crippen LogP contribution in [-0.4, -0.2) is 9.55 Å². The molecule has 0 saturated heterocycles. The zero-order valence-electron chi connectivity index (χ0n) is 8.92. The second-order valence-corrected chi connectivity index (χ2v) is 4.81. The fraction of sp³-hybridized carbons (Fsp3) is 0.750. The van der Waals surface area contributed by atoms with Crippen LogP contribution in [0.1, 0.15) is 42.9 Å². The molecule has 1 fully saturated rings. The van der Waals surface area contributed by atoms with Crippen LogP contribution in [0.15, 0.2) is 0 Å². The third-order valence-corrected chi connectivity index (χ3v) is 3.56. The van der Waals surface area contributed by atoms with Crippen LogP contribution in [0.25, 0.3) is 0 Å². The van der Waals surface area contributed by atoms with Crippen molar-refractivity contribution in [3.8, 4) is 0 Å². The Morgan fingerprint density at radius 1 is 1.29 bits per heavy atom. The zero-order valence-corrected chi connectivity index (χ0v) is 8.92. The van der Waals surface area contributed by atoms with Gasteiger partial charge in [0, 0.05) is 12.2 Å². The maximum atomic E-state index is 4.69. The number of nitrogens with zero attached hydrogens (tertiary/aromatic N) is 2. The summed E-state index contributed by atoms with van der Waals surface area (Å²) in [5.41, 5.74) is 2.95. The summed E-state index contributed by atoms with van der Waals surface area (Å²) in [6.45, 7) is 3.41. The minimum absolute atomic E-state index is 0.967. The van der Waals surface area contributed by atoms with E-state index in [1.165, 1.54) is 56.6 Å². The average molecular weight is 190 g/mol. The molecule has 1 saturated carbocycles. The number of imidazole rings is 1. The van der Waals surface area contributed by atoms with E-state index in [1.54, 1.807) is 5.69 Å². The summed E-state index contributed by atoms with van der Waals surface area (Å²) in [6.07, 6.45) is 8.06. The van der Waals surface area contributed by atoms with Gasteiger partial charge < -0.3 is 4.57 Å². The predicted octanol–water partition coefficient (Wildman–Crippen LogP) is 2.48. The maximum Gasteiger partial charge on any atom is 0.106 e. The maximum absolute atomic E-state index is 4.69. The number of hydrogen-bond acceptors (Lipinski definition) is 1. The molecule has 0 spiro atoms. The van der Waals surface area contributed by atoms with E-state index in [1.807, 2.05) is 0 Å². The molecule has 0 unspecified atom stereocenters. The largest absolute Gasteiger partial charge is 0.332 e. The first kappa shape index (κ1) is 8.51. The summed E-state index contributed by atoms with van der Waals surface area (Å²) >= 11 is 0. The lowest BCUT2D eigenvalue weighted by Gasteiger charge is -2.14. The van der Waals surface area contributed by atoms with Gasteiger partial charge in [-0.3, -0.25) is 0 Å². The van der Waals surface area contributed by atoms with Crippen LogP contribution in [0.4, 0.5) is 0 Å². The lowest BCUT2D eigenvalue weighted by atomic mass is 10.0. The van der Waals surface area contributed by atoms with Crippen LogP contribution in [0.2, 0.25) is 0 Å². The smallest absolute Gasteiger partial charge is 0.106 e. The van der Waals surface area contributed by atoms with E-state index in [4.69, 9.17) is 4.98 Å². The van der Waals surface area contributed by atoms with Crippen molar-refractivity contribution in [2.24, 2.45) is 5.92 Å². The van der Waals surface area contributed by atoms with E-state index < -0.39 is 0 Å². The Morgan fingerprint density at radius 3 is 2.86 bits per heavy atom. The van der Waals surface area contributed by atoms with E-state index in [-0.39, 0.29) is 0 Å². The molecule has 1 aromatic rings. The van der Waals surface area contributed by atoms with Gasteiger partial charge in [0.1, 0.15) is 5.82 Å². The number of rotatable bonds is 2. The molecule has 0 N–H and O–H groups in total. The van der Waals surface area contributed by atoms with E-state index in [9.17, 15) is 0 Å². The molecular formula is C12H18N2. The van der Waals surface area contributed by atoms with Gasteiger partial charge in [-0.25, -0.2) is 4.98 Å². The summed E-state index contributed by atoms with van der Waals surface area (Å²) < 4.78 is 2.49. The minimum Gasteiger partial charge on any atom is -0.332 e. The van der Waals surface area contributed by atoms with Crippen LogP contribution >= 0.6 is 0 Å². The molecule has 0 aromatic carbocycles. The molecule has 2 aliphatic carbocycles. The van der Waals surface area contributed by atoms with Gasteiger partial charge >= 0.3 is 0 Å². The summed E-state index contributed by atoms with van der Waals surface area (Å²) in [6, 6.07) is 0. The van der Waals surface area contributed by atoms with Crippen LogP contribution in [0, 0.1) is 12.8 Å². The summed E-state index contributed by atoms with van der Waals surface area (Å²) in [5.74, 6) is 2.22. The van der Waals surface area contributed by atoms with Crippen molar-refractivity contribution >= 4 is 0 Å². The predicted molar refractivity (Wildman–Crippen MR) is 56.3 cm³/mol. The SMILES string of the molecule is Cc1nc2c(n1CC1CC1)CCCC2. The van der Waals surface area contributed by atoms with Gasteiger partial charge in [-0.15, -0.1) is 0 Å². The van der Waals surface area contributed by atoms with Gasteiger partial charge in [-0.05, 0) is 51.4 Å². The number of hydrogen-bond donors (Lipinski definition) is 0. The summed E-state index contributed by atoms with van der Waals surface area (Å²) in [4.78, 5) is 4.69. The van der Waals surface area contributed by atoms with Gasteiger partial charge in [-0.2, -0.15) is 0 Å². The molecule has 14 heavy (non-hydrogen) atoms. The summed E-state index contributed by atoms with van der Waals surface area (Å²) in [7, 11) is 0. The second-order valence-electron chi connectivity index (χ2n) is 4.81. The number of aromatic nitrogens is 2. The van der Waals surface area contributed by atoms with Crippen molar-refractivity contribution in [2.45, 2.75) is 52.0 Å². The highest BCUT2D eigenvalue weighted by Crippen LogP contribution is 2.33. The molecule has 1 heterocycles. The highest BCUT2D eigenvalue weighted by molar-refractivity contribution is 5.20. The zero-order chi connectivity index (χ0) is 9.54. The molecule has 0 bridgehead atoms. The van der Waals surface area contributed by atoms with E-state index in [0.717, 1.165) is 5.92 Å². The average Bonchev–Trinajstić information content (AvgIpc) is 2.93. The van der Waals surface area contributed by atoms with E-state index in [2.05, 4.69) is 11.5 Å². The highest BCUT2D eigenvalue weighted by Gasteiger charge is 2.25. The molecule has 2 nitrogen and oxygen atoms in total.